The lowest BCUT2D eigenvalue weighted by Crippen LogP contribution is -1.91. The van der Waals surface area contributed by atoms with Gasteiger partial charge in [-0.1, -0.05) is 30.7 Å². The monoisotopic (exact) mass is 229 g/mol. The van der Waals surface area contributed by atoms with Gasteiger partial charge in [-0.3, -0.25) is 0 Å². The van der Waals surface area contributed by atoms with Crippen LogP contribution in [0.15, 0.2) is 24.3 Å². The van der Waals surface area contributed by atoms with Gasteiger partial charge >= 0.3 is 0 Å². The molecule has 0 N–H and O–H groups in total. The Balaban J connectivity index is 2.43. The summed E-state index contributed by atoms with van der Waals surface area (Å²) in [6, 6.07) is 8.07. The summed E-state index contributed by atoms with van der Waals surface area (Å²) in [5, 5.41) is 0.110. The largest absolute Gasteiger partial charge is 0.127 e. The van der Waals surface area contributed by atoms with E-state index in [2.05, 4.69) is 6.92 Å². The van der Waals surface area contributed by atoms with Gasteiger partial charge in [0.25, 0.3) is 0 Å². The minimum atomic E-state index is 0.110. The number of benzene rings is 1. The molecule has 1 aromatic carbocycles. The highest BCUT2D eigenvalue weighted by Gasteiger charge is 2.06. The summed E-state index contributed by atoms with van der Waals surface area (Å²) in [5.74, 6) is 0.724. The van der Waals surface area contributed by atoms with Gasteiger partial charge in [-0.2, -0.15) is 0 Å². The highest BCUT2D eigenvalue weighted by atomic mass is 35.5. The van der Waals surface area contributed by atoms with Gasteiger partial charge in [0, 0.05) is 5.88 Å². The Labute approximate surface area is 96.2 Å². The molecule has 77 valence electrons. The average molecular weight is 230 g/mol. The minimum absolute atomic E-state index is 0.110. The van der Waals surface area contributed by atoms with Gasteiger partial charge in [-0.15, -0.1) is 23.2 Å². The second-order valence-electron chi connectivity index (χ2n) is 3.39. The predicted octanol–water partition coefficient (Wildman–Crippen LogP) is 4.56. The SMILES string of the molecule is [CH2]c1ccc(C(Cl)CCCCCl)cc1. The third kappa shape index (κ3) is 3.89. The van der Waals surface area contributed by atoms with Gasteiger partial charge in [0.15, 0.2) is 0 Å². The zero-order valence-electron chi connectivity index (χ0n) is 8.18. The maximum absolute atomic E-state index is 6.23. The lowest BCUT2D eigenvalue weighted by molar-refractivity contribution is 0.704. The lowest BCUT2D eigenvalue weighted by Gasteiger charge is -2.09. The third-order valence-corrected chi connectivity index (χ3v) is 2.92. The summed E-state index contributed by atoms with van der Waals surface area (Å²) in [6.07, 6.45) is 3.12. The molecule has 0 aromatic heterocycles. The Morgan fingerprint density at radius 3 is 2.36 bits per heavy atom. The van der Waals surface area contributed by atoms with Crippen molar-refractivity contribution in [3.63, 3.8) is 0 Å². The second kappa shape index (κ2) is 6.31. The van der Waals surface area contributed by atoms with Crippen LogP contribution in [-0.4, -0.2) is 5.88 Å². The summed E-state index contributed by atoms with van der Waals surface area (Å²) in [7, 11) is 0. The maximum Gasteiger partial charge on any atom is 0.0585 e. The van der Waals surface area contributed by atoms with E-state index in [1.54, 1.807) is 0 Å². The van der Waals surface area contributed by atoms with E-state index in [0.29, 0.717) is 0 Å². The van der Waals surface area contributed by atoms with Crippen molar-refractivity contribution in [2.24, 2.45) is 0 Å². The van der Waals surface area contributed by atoms with Gasteiger partial charge < -0.3 is 0 Å². The molecule has 0 saturated carbocycles. The van der Waals surface area contributed by atoms with Crippen LogP contribution in [0.2, 0.25) is 0 Å². The molecule has 14 heavy (non-hydrogen) atoms. The van der Waals surface area contributed by atoms with Crippen molar-refractivity contribution in [2.45, 2.75) is 24.6 Å². The first-order valence-corrected chi connectivity index (χ1v) is 5.83. The van der Waals surface area contributed by atoms with E-state index in [0.717, 1.165) is 30.7 Å². The van der Waals surface area contributed by atoms with E-state index in [-0.39, 0.29) is 5.38 Å². The molecule has 0 saturated heterocycles. The number of hydrogen-bond acceptors (Lipinski definition) is 0. The van der Waals surface area contributed by atoms with E-state index in [1.165, 1.54) is 5.56 Å². The molecular weight excluding hydrogens is 215 g/mol. The van der Waals surface area contributed by atoms with E-state index in [4.69, 9.17) is 23.2 Å². The standard InChI is InChI=1S/C12H15Cl2/c1-10-5-7-11(8-6-10)12(14)4-2-3-9-13/h5-8,12H,1-4,9H2. The highest BCUT2D eigenvalue weighted by Crippen LogP contribution is 2.26. The van der Waals surface area contributed by atoms with Crippen LogP contribution in [0.25, 0.3) is 0 Å². The molecule has 1 unspecified atom stereocenters. The second-order valence-corrected chi connectivity index (χ2v) is 4.30. The Morgan fingerprint density at radius 2 is 1.79 bits per heavy atom. The van der Waals surface area contributed by atoms with Crippen molar-refractivity contribution in [3.05, 3.63) is 42.3 Å². The lowest BCUT2D eigenvalue weighted by atomic mass is 10.1. The summed E-state index contributed by atoms with van der Waals surface area (Å²) < 4.78 is 0. The van der Waals surface area contributed by atoms with Crippen LogP contribution in [0.4, 0.5) is 0 Å². The smallest absolute Gasteiger partial charge is 0.0585 e. The van der Waals surface area contributed by atoms with Crippen LogP contribution in [0.3, 0.4) is 0 Å². The quantitative estimate of drug-likeness (QED) is 0.513. The molecule has 1 aromatic rings. The molecule has 0 amide bonds. The van der Waals surface area contributed by atoms with Gasteiger partial charge in [-0.05, 0) is 30.9 Å². The predicted molar refractivity (Wildman–Crippen MR) is 64.1 cm³/mol. The Hall–Kier alpha value is -0.200. The highest BCUT2D eigenvalue weighted by molar-refractivity contribution is 6.20. The van der Waals surface area contributed by atoms with Crippen LogP contribution >= 0.6 is 23.2 Å². The number of hydrogen-bond donors (Lipinski definition) is 0. The fourth-order valence-electron chi connectivity index (χ4n) is 1.31. The Bertz CT molecular complexity index is 254. The van der Waals surface area contributed by atoms with Crippen molar-refractivity contribution in [3.8, 4) is 0 Å². The molecule has 1 radical (unpaired) electrons. The van der Waals surface area contributed by atoms with E-state index in [1.807, 2.05) is 24.3 Å². The van der Waals surface area contributed by atoms with Crippen LogP contribution < -0.4 is 0 Å². The van der Waals surface area contributed by atoms with E-state index >= 15 is 0 Å². The fraction of sp³-hybridized carbons (Fsp3) is 0.417. The summed E-state index contributed by atoms with van der Waals surface area (Å²) in [5.41, 5.74) is 2.20. The van der Waals surface area contributed by atoms with Gasteiger partial charge in [0.05, 0.1) is 5.38 Å². The van der Waals surface area contributed by atoms with Crippen molar-refractivity contribution in [2.75, 3.05) is 5.88 Å². The zero-order chi connectivity index (χ0) is 10.4. The van der Waals surface area contributed by atoms with Gasteiger partial charge in [-0.25, -0.2) is 0 Å². The van der Waals surface area contributed by atoms with Crippen LogP contribution in [0.1, 0.15) is 35.8 Å². The maximum atomic E-state index is 6.23. The number of rotatable bonds is 5. The fourth-order valence-corrected chi connectivity index (χ4v) is 1.80. The van der Waals surface area contributed by atoms with Gasteiger partial charge in [0.1, 0.15) is 0 Å². The molecule has 0 heterocycles. The molecule has 0 aliphatic heterocycles. The Kier molecular flexibility index (Phi) is 5.36. The number of unbranched alkanes of at least 4 members (excludes halogenated alkanes) is 1. The number of alkyl halides is 2. The van der Waals surface area contributed by atoms with Crippen LogP contribution in [0, 0.1) is 6.92 Å². The topological polar surface area (TPSA) is 0 Å². The summed E-state index contributed by atoms with van der Waals surface area (Å²) in [4.78, 5) is 0. The van der Waals surface area contributed by atoms with Crippen LogP contribution in [-0.2, 0) is 0 Å². The molecule has 0 bridgehead atoms. The molecule has 1 rings (SSSR count). The van der Waals surface area contributed by atoms with Crippen molar-refractivity contribution >= 4 is 23.2 Å². The third-order valence-electron chi connectivity index (χ3n) is 2.18. The molecule has 0 aliphatic rings. The molecule has 0 aliphatic carbocycles. The molecule has 0 fully saturated rings. The van der Waals surface area contributed by atoms with E-state index < -0.39 is 0 Å². The van der Waals surface area contributed by atoms with Crippen LogP contribution in [0.5, 0.6) is 0 Å². The summed E-state index contributed by atoms with van der Waals surface area (Å²) in [6.45, 7) is 3.84. The normalized spacial score (nSPS) is 12.8. The first-order valence-electron chi connectivity index (χ1n) is 4.86. The van der Waals surface area contributed by atoms with Crippen molar-refractivity contribution in [1.82, 2.24) is 0 Å². The molecule has 0 spiro atoms. The average Bonchev–Trinajstić information content (AvgIpc) is 2.19. The number of halogens is 2. The first kappa shape index (κ1) is 11.9. The van der Waals surface area contributed by atoms with Crippen molar-refractivity contribution in [1.29, 1.82) is 0 Å². The Morgan fingerprint density at radius 1 is 1.14 bits per heavy atom. The summed E-state index contributed by atoms with van der Waals surface area (Å²) >= 11 is 11.8. The van der Waals surface area contributed by atoms with E-state index in [9.17, 15) is 0 Å². The van der Waals surface area contributed by atoms with Crippen molar-refractivity contribution < 1.29 is 0 Å². The van der Waals surface area contributed by atoms with Gasteiger partial charge in [0.2, 0.25) is 0 Å². The molecule has 2 heteroatoms. The molecule has 0 nitrogen and oxygen atoms in total. The molecular formula is C12H15Cl2. The first-order chi connectivity index (χ1) is 6.74. The minimum Gasteiger partial charge on any atom is -0.127 e. The molecule has 1 atom stereocenters. The zero-order valence-corrected chi connectivity index (χ0v) is 9.69.